The molecule has 0 saturated heterocycles. The van der Waals surface area contributed by atoms with E-state index in [9.17, 15) is 0 Å². The molecule has 0 aliphatic carbocycles. The van der Waals surface area contributed by atoms with E-state index in [4.69, 9.17) is 11.5 Å². The van der Waals surface area contributed by atoms with Crippen LogP contribution in [0, 0.1) is 0 Å². The maximum absolute atomic E-state index is 5.89. The zero-order valence-corrected chi connectivity index (χ0v) is 26.1. The molecule has 2 nitrogen and oxygen atoms in total. The fourth-order valence-electron chi connectivity index (χ4n) is 5.94. The lowest BCUT2D eigenvalue weighted by Gasteiger charge is -2.13. The van der Waals surface area contributed by atoms with Gasteiger partial charge in [0.2, 0.25) is 0 Å². The summed E-state index contributed by atoms with van der Waals surface area (Å²) in [6.45, 7) is 4.57. The first-order valence-corrected chi connectivity index (χ1v) is 16.4. The molecule has 0 radical (unpaired) electrons. The third-order valence-electron chi connectivity index (χ3n) is 8.57. The molecule has 4 aromatic rings. The summed E-state index contributed by atoms with van der Waals surface area (Å²) in [5.41, 5.74) is 25.1. The van der Waals surface area contributed by atoms with Crippen molar-refractivity contribution in [2.45, 2.75) is 104 Å². The van der Waals surface area contributed by atoms with E-state index < -0.39 is 0 Å². The van der Waals surface area contributed by atoms with E-state index in [0.29, 0.717) is 0 Å². The number of aryl methyl sites for hydroxylation is 4. The van der Waals surface area contributed by atoms with Gasteiger partial charge in [0.25, 0.3) is 0 Å². The predicted molar refractivity (Wildman–Crippen MR) is 183 cm³/mol. The average molecular weight is 561 g/mol. The Bertz CT molecular complexity index is 1240. The molecule has 0 fully saturated rings. The summed E-state index contributed by atoms with van der Waals surface area (Å²) in [5.74, 6) is 0. The second-order valence-electron chi connectivity index (χ2n) is 12.2. The van der Waals surface area contributed by atoms with Gasteiger partial charge in [0.1, 0.15) is 0 Å². The largest absolute Gasteiger partial charge is 0.399 e. The van der Waals surface area contributed by atoms with Crippen molar-refractivity contribution in [2.75, 3.05) is 11.5 Å². The van der Waals surface area contributed by atoms with Gasteiger partial charge in [-0.25, -0.2) is 0 Å². The van der Waals surface area contributed by atoms with Gasteiger partial charge in [-0.2, -0.15) is 0 Å². The summed E-state index contributed by atoms with van der Waals surface area (Å²) < 4.78 is 0. The van der Waals surface area contributed by atoms with E-state index in [1.165, 1.54) is 122 Å². The lowest BCUT2D eigenvalue weighted by atomic mass is 9.92. The van der Waals surface area contributed by atoms with Crippen LogP contribution >= 0.6 is 0 Å². The van der Waals surface area contributed by atoms with Crippen molar-refractivity contribution in [1.82, 2.24) is 0 Å². The van der Waals surface area contributed by atoms with Gasteiger partial charge in [-0.05, 0) is 133 Å². The first-order chi connectivity index (χ1) is 20.5. The van der Waals surface area contributed by atoms with Gasteiger partial charge in [0.05, 0.1) is 0 Å². The van der Waals surface area contributed by atoms with E-state index >= 15 is 0 Å². The van der Waals surface area contributed by atoms with Crippen LogP contribution in [-0.2, 0) is 38.5 Å². The molecular formula is C40H52N2. The third kappa shape index (κ3) is 10.1. The van der Waals surface area contributed by atoms with Gasteiger partial charge in [-0.1, -0.05) is 100 Å². The van der Waals surface area contributed by atoms with Crippen molar-refractivity contribution in [2.24, 2.45) is 0 Å². The molecule has 0 amide bonds. The SMILES string of the molecule is CCCCc1cc(CCCCCCc2ccc(Cc3ccc(N)cc3)c(CCCC)c2)ccc1Cc1ccc(N)cc1. The van der Waals surface area contributed by atoms with Crippen LogP contribution in [0.25, 0.3) is 0 Å². The highest BCUT2D eigenvalue weighted by Gasteiger charge is 2.08. The molecular weight excluding hydrogens is 508 g/mol. The van der Waals surface area contributed by atoms with Crippen LogP contribution in [0.5, 0.6) is 0 Å². The van der Waals surface area contributed by atoms with Gasteiger partial charge in [-0.3, -0.25) is 0 Å². The molecule has 0 aliphatic rings. The van der Waals surface area contributed by atoms with E-state index in [-0.39, 0.29) is 0 Å². The van der Waals surface area contributed by atoms with Crippen molar-refractivity contribution in [3.8, 4) is 0 Å². The molecule has 0 unspecified atom stereocenters. The number of unbranched alkanes of at least 4 members (excludes halogenated alkanes) is 5. The van der Waals surface area contributed by atoms with E-state index in [0.717, 1.165) is 24.2 Å². The Kier molecular flexibility index (Phi) is 12.6. The molecule has 4 rings (SSSR count). The number of hydrogen-bond donors (Lipinski definition) is 2. The second kappa shape index (κ2) is 16.8. The number of nitrogens with two attached hydrogens (primary N) is 2. The number of rotatable bonds is 17. The third-order valence-corrected chi connectivity index (χ3v) is 8.57. The molecule has 0 bridgehead atoms. The number of nitrogen functional groups attached to an aromatic ring is 2. The fraction of sp³-hybridized carbons (Fsp3) is 0.400. The summed E-state index contributed by atoms with van der Waals surface area (Å²) >= 11 is 0. The molecule has 2 heteroatoms. The zero-order chi connectivity index (χ0) is 29.6. The Hall–Kier alpha value is -3.52. The van der Waals surface area contributed by atoms with Crippen LogP contribution in [-0.4, -0.2) is 0 Å². The standard InChI is InChI=1S/C40H52N2/c1-3-5-13-35-27-31(15-21-37(35)29-33-17-23-39(41)24-18-33)11-9-7-8-10-12-32-16-22-38(36(28-32)14-6-4-2)30-34-19-25-40(42)26-20-34/h15-28H,3-14,29-30,41-42H2,1-2H3. The number of anilines is 2. The molecule has 0 saturated carbocycles. The molecule has 0 aromatic heterocycles. The molecule has 42 heavy (non-hydrogen) atoms. The van der Waals surface area contributed by atoms with Crippen LogP contribution in [0.2, 0.25) is 0 Å². The highest BCUT2D eigenvalue weighted by molar-refractivity contribution is 5.43. The Morgan fingerprint density at radius 3 is 1.14 bits per heavy atom. The first-order valence-electron chi connectivity index (χ1n) is 16.4. The highest BCUT2D eigenvalue weighted by Crippen LogP contribution is 2.23. The quantitative estimate of drug-likeness (QED) is 0.0997. The summed E-state index contributed by atoms with van der Waals surface area (Å²) in [6.07, 6.45) is 16.8. The van der Waals surface area contributed by atoms with Gasteiger partial charge in [0, 0.05) is 11.4 Å². The predicted octanol–water partition coefficient (Wildman–Crippen LogP) is 10.1. The Labute approximate surface area is 255 Å². The van der Waals surface area contributed by atoms with Crippen LogP contribution in [0.15, 0.2) is 84.9 Å². The van der Waals surface area contributed by atoms with Gasteiger partial charge in [0.15, 0.2) is 0 Å². The van der Waals surface area contributed by atoms with Gasteiger partial charge < -0.3 is 11.5 Å². The van der Waals surface area contributed by atoms with Crippen molar-refractivity contribution in [3.05, 3.63) is 129 Å². The van der Waals surface area contributed by atoms with E-state index in [2.05, 4.69) is 74.5 Å². The van der Waals surface area contributed by atoms with Crippen LogP contribution in [0.3, 0.4) is 0 Å². The smallest absolute Gasteiger partial charge is 0.0314 e. The molecule has 4 aromatic carbocycles. The molecule has 0 spiro atoms. The lowest BCUT2D eigenvalue weighted by Crippen LogP contribution is -1.99. The number of hydrogen-bond acceptors (Lipinski definition) is 2. The Balaban J connectivity index is 1.26. The van der Waals surface area contributed by atoms with Crippen LogP contribution < -0.4 is 11.5 Å². The monoisotopic (exact) mass is 560 g/mol. The first kappa shape index (κ1) is 31.4. The maximum atomic E-state index is 5.89. The van der Waals surface area contributed by atoms with Gasteiger partial charge in [-0.15, -0.1) is 0 Å². The van der Waals surface area contributed by atoms with Crippen molar-refractivity contribution in [3.63, 3.8) is 0 Å². The van der Waals surface area contributed by atoms with Crippen molar-refractivity contribution >= 4 is 11.4 Å². The summed E-state index contributed by atoms with van der Waals surface area (Å²) in [6, 6.07) is 31.2. The normalized spacial score (nSPS) is 11.2. The molecule has 0 heterocycles. The summed E-state index contributed by atoms with van der Waals surface area (Å²) in [7, 11) is 0. The van der Waals surface area contributed by atoms with E-state index in [1.54, 1.807) is 0 Å². The van der Waals surface area contributed by atoms with Gasteiger partial charge >= 0.3 is 0 Å². The average Bonchev–Trinajstić information content (AvgIpc) is 3.00. The Morgan fingerprint density at radius 1 is 0.381 bits per heavy atom. The minimum atomic E-state index is 0.834. The highest BCUT2D eigenvalue weighted by atomic mass is 14.5. The summed E-state index contributed by atoms with van der Waals surface area (Å²) in [4.78, 5) is 0. The number of benzene rings is 4. The Morgan fingerprint density at radius 2 is 0.762 bits per heavy atom. The molecule has 222 valence electrons. The molecule has 0 atom stereocenters. The van der Waals surface area contributed by atoms with E-state index in [1.807, 2.05) is 24.3 Å². The lowest BCUT2D eigenvalue weighted by molar-refractivity contribution is 0.639. The maximum Gasteiger partial charge on any atom is 0.0314 e. The molecule has 0 aliphatic heterocycles. The minimum Gasteiger partial charge on any atom is -0.399 e. The topological polar surface area (TPSA) is 52.0 Å². The summed E-state index contributed by atoms with van der Waals surface area (Å²) in [5, 5.41) is 0. The van der Waals surface area contributed by atoms with Crippen LogP contribution in [0.4, 0.5) is 11.4 Å². The fourth-order valence-corrected chi connectivity index (χ4v) is 5.94. The van der Waals surface area contributed by atoms with Crippen molar-refractivity contribution in [1.29, 1.82) is 0 Å². The van der Waals surface area contributed by atoms with Crippen LogP contribution in [0.1, 0.15) is 110 Å². The van der Waals surface area contributed by atoms with Crippen molar-refractivity contribution < 1.29 is 0 Å². The molecule has 4 N–H and O–H groups in total. The zero-order valence-electron chi connectivity index (χ0n) is 26.1. The minimum absolute atomic E-state index is 0.834. The second-order valence-corrected chi connectivity index (χ2v) is 12.2.